The predicted molar refractivity (Wildman–Crippen MR) is 104 cm³/mol. The van der Waals surface area contributed by atoms with Gasteiger partial charge >= 0.3 is 0 Å². The fraction of sp³-hybridized carbons (Fsp3) is 0.471. The van der Waals surface area contributed by atoms with Gasteiger partial charge < -0.3 is 4.57 Å². The molecule has 23 heavy (non-hydrogen) atoms. The maximum Gasteiger partial charge on any atom is 0.0946 e. The van der Waals surface area contributed by atoms with E-state index in [0.29, 0.717) is 5.02 Å². The number of halogens is 2. The van der Waals surface area contributed by atoms with Crippen molar-refractivity contribution in [1.82, 2.24) is 9.55 Å². The van der Waals surface area contributed by atoms with Gasteiger partial charge in [-0.2, -0.15) is 0 Å². The fourth-order valence-electron chi connectivity index (χ4n) is 2.86. The van der Waals surface area contributed by atoms with E-state index in [4.69, 9.17) is 23.2 Å². The van der Waals surface area contributed by atoms with Crippen molar-refractivity contribution < 1.29 is 0 Å². The molecule has 0 radical (unpaired) electrons. The van der Waals surface area contributed by atoms with Crippen molar-refractivity contribution in [2.45, 2.75) is 36.3 Å². The third kappa shape index (κ3) is 4.85. The number of imidazole rings is 1. The maximum atomic E-state index is 6.29. The van der Waals surface area contributed by atoms with Crippen LogP contribution in [0.1, 0.15) is 24.8 Å². The number of hydrogen-bond acceptors (Lipinski definition) is 3. The predicted octanol–water partition coefficient (Wildman–Crippen LogP) is 5.78. The highest BCUT2D eigenvalue weighted by Gasteiger charge is 2.33. The molecule has 0 N–H and O–H groups in total. The number of aryl methyl sites for hydroxylation is 1. The zero-order chi connectivity index (χ0) is 16.1. The topological polar surface area (TPSA) is 17.8 Å². The molecule has 0 unspecified atom stereocenters. The van der Waals surface area contributed by atoms with Gasteiger partial charge in [0, 0.05) is 29.0 Å². The average Bonchev–Trinajstić information content (AvgIpc) is 3.03. The number of thioether (sulfide) groups is 2. The summed E-state index contributed by atoms with van der Waals surface area (Å²) in [5.74, 6) is 2.51. The Morgan fingerprint density at radius 3 is 2.74 bits per heavy atom. The van der Waals surface area contributed by atoms with Crippen molar-refractivity contribution in [1.29, 1.82) is 0 Å². The first-order chi connectivity index (χ1) is 11.2. The standard InChI is InChI=1S/C17H20Cl2N2S2/c18-15-5-4-14(16(19)11-15)3-1-6-17(22-9-2-10-23-17)12-21-8-7-20-13-21/h4-5,7-8,11,13H,1-3,6,9-10,12H2. The lowest BCUT2D eigenvalue weighted by Gasteiger charge is -2.36. The Balaban J connectivity index is 1.62. The normalized spacial score (nSPS) is 17.3. The van der Waals surface area contributed by atoms with Crippen LogP contribution in [0.3, 0.4) is 0 Å². The van der Waals surface area contributed by atoms with E-state index < -0.39 is 0 Å². The van der Waals surface area contributed by atoms with Crippen LogP contribution in [0.15, 0.2) is 36.9 Å². The number of aromatic nitrogens is 2. The lowest BCUT2D eigenvalue weighted by molar-refractivity contribution is 0.566. The zero-order valence-corrected chi connectivity index (χ0v) is 16.0. The van der Waals surface area contributed by atoms with Gasteiger partial charge in [0.1, 0.15) is 0 Å². The summed E-state index contributed by atoms with van der Waals surface area (Å²) < 4.78 is 2.47. The van der Waals surface area contributed by atoms with E-state index >= 15 is 0 Å². The van der Waals surface area contributed by atoms with Crippen LogP contribution >= 0.6 is 46.7 Å². The van der Waals surface area contributed by atoms with E-state index in [2.05, 4.69) is 39.3 Å². The molecular formula is C17H20Cl2N2S2. The molecule has 1 aromatic heterocycles. The Labute approximate surface area is 156 Å². The fourth-order valence-corrected chi connectivity index (χ4v) is 6.76. The third-order valence-corrected chi connectivity index (χ3v) is 8.02. The summed E-state index contributed by atoms with van der Waals surface area (Å²) >= 11 is 16.5. The Bertz CT molecular complexity index is 626. The monoisotopic (exact) mass is 386 g/mol. The molecular weight excluding hydrogens is 367 g/mol. The molecule has 1 aliphatic rings. The van der Waals surface area contributed by atoms with Crippen LogP contribution < -0.4 is 0 Å². The second-order valence-corrected chi connectivity index (χ2v) is 9.84. The first kappa shape index (κ1) is 17.5. The van der Waals surface area contributed by atoms with Crippen LogP contribution in [0.2, 0.25) is 10.0 Å². The highest BCUT2D eigenvalue weighted by atomic mass is 35.5. The SMILES string of the molecule is Clc1ccc(CCCC2(Cn3ccnc3)SCCCS2)c(Cl)c1. The Morgan fingerprint density at radius 1 is 1.22 bits per heavy atom. The van der Waals surface area contributed by atoms with E-state index in [9.17, 15) is 0 Å². The molecule has 1 aromatic carbocycles. The molecule has 0 bridgehead atoms. The van der Waals surface area contributed by atoms with Gasteiger partial charge in [0.15, 0.2) is 0 Å². The van der Waals surface area contributed by atoms with E-state index in [1.807, 2.05) is 30.7 Å². The lowest BCUT2D eigenvalue weighted by atomic mass is 10.1. The second-order valence-electron chi connectivity index (χ2n) is 5.79. The average molecular weight is 387 g/mol. The Kier molecular flexibility index (Phi) is 6.25. The van der Waals surface area contributed by atoms with E-state index in [1.165, 1.54) is 29.9 Å². The highest BCUT2D eigenvalue weighted by Crippen LogP contribution is 2.47. The van der Waals surface area contributed by atoms with Crippen LogP contribution in [-0.2, 0) is 13.0 Å². The summed E-state index contributed by atoms with van der Waals surface area (Å²) in [6, 6.07) is 5.81. The van der Waals surface area contributed by atoms with Crippen LogP contribution in [0.25, 0.3) is 0 Å². The van der Waals surface area contributed by atoms with Crippen molar-refractivity contribution >= 4 is 46.7 Å². The van der Waals surface area contributed by atoms with Gasteiger partial charge in [-0.05, 0) is 54.9 Å². The van der Waals surface area contributed by atoms with E-state index in [-0.39, 0.29) is 4.08 Å². The molecule has 0 aliphatic carbocycles. The van der Waals surface area contributed by atoms with Gasteiger partial charge in [0.05, 0.1) is 10.4 Å². The van der Waals surface area contributed by atoms with Crippen LogP contribution in [0, 0.1) is 0 Å². The minimum absolute atomic E-state index is 0.262. The molecule has 0 saturated carbocycles. The van der Waals surface area contributed by atoms with Gasteiger partial charge in [0.25, 0.3) is 0 Å². The van der Waals surface area contributed by atoms with Crippen molar-refractivity contribution in [3.05, 3.63) is 52.5 Å². The first-order valence-corrected chi connectivity index (χ1v) is 10.6. The lowest BCUT2D eigenvalue weighted by Crippen LogP contribution is -2.30. The zero-order valence-electron chi connectivity index (χ0n) is 12.9. The molecule has 0 atom stereocenters. The largest absolute Gasteiger partial charge is 0.335 e. The summed E-state index contributed by atoms with van der Waals surface area (Å²) in [4.78, 5) is 4.18. The maximum absolute atomic E-state index is 6.29. The van der Waals surface area contributed by atoms with E-state index in [0.717, 1.165) is 24.4 Å². The number of hydrogen-bond donors (Lipinski definition) is 0. The van der Waals surface area contributed by atoms with Gasteiger partial charge in [-0.15, -0.1) is 23.5 Å². The van der Waals surface area contributed by atoms with Crippen molar-refractivity contribution in [3.63, 3.8) is 0 Å². The number of rotatable bonds is 6. The van der Waals surface area contributed by atoms with Crippen molar-refractivity contribution in [2.24, 2.45) is 0 Å². The van der Waals surface area contributed by atoms with Crippen molar-refractivity contribution in [2.75, 3.05) is 11.5 Å². The van der Waals surface area contributed by atoms with Crippen LogP contribution in [0.4, 0.5) is 0 Å². The minimum Gasteiger partial charge on any atom is -0.335 e. The quantitative estimate of drug-likeness (QED) is 0.626. The minimum atomic E-state index is 0.262. The number of nitrogens with zero attached hydrogens (tertiary/aromatic N) is 2. The summed E-state index contributed by atoms with van der Waals surface area (Å²) in [5.41, 5.74) is 1.19. The van der Waals surface area contributed by atoms with E-state index in [1.54, 1.807) is 0 Å². The molecule has 124 valence electrons. The van der Waals surface area contributed by atoms with Crippen LogP contribution in [-0.4, -0.2) is 25.1 Å². The third-order valence-electron chi connectivity index (χ3n) is 4.02. The molecule has 2 nitrogen and oxygen atoms in total. The summed E-state index contributed by atoms with van der Waals surface area (Å²) in [5, 5.41) is 1.49. The van der Waals surface area contributed by atoms with Crippen molar-refractivity contribution in [3.8, 4) is 0 Å². The molecule has 3 rings (SSSR count). The molecule has 1 fully saturated rings. The molecule has 6 heteroatoms. The molecule has 2 heterocycles. The molecule has 2 aromatic rings. The Morgan fingerprint density at radius 2 is 2.04 bits per heavy atom. The molecule has 1 saturated heterocycles. The molecule has 1 aliphatic heterocycles. The summed E-state index contributed by atoms with van der Waals surface area (Å²) in [6.07, 6.45) is 10.5. The molecule has 0 amide bonds. The molecule has 0 spiro atoms. The van der Waals surface area contributed by atoms with Gasteiger partial charge in [-0.3, -0.25) is 0 Å². The van der Waals surface area contributed by atoms with Crippen LogP contribution in [0.5, 0.6) is 0 Å². The smallest absolute Gasteiger partial charge is 0.0946 e. The highest BCUT2D eigenvalue weighted by molar-refractivity contribution is 8.18. The van der Waals surface area contributed by atoms with Gasteiger partial charge in [0.2, 0.25) is 0 Å². The number of benzene rings is 1. The Hall–Kier alpha value is -0.290. The van der Waals surface area contributed by atoms with Gasteiger partial charge in [-0.25, -0.2) is 4.98 Å². The summed E-state index contributed by atoms with van der Waals surface area (Å²) in [7, 11) is 0. The first-order valence-electron chi connectivity index (χ1n) is 7.84. The summed E-state index contributed by atoms with van der Waals surface area (Å²) in [6.45, 7) is 1.02. The van der Waals surface area contributed by atoms with Gasteiger partial charge in [-0.1, -0.05) is 29.3 Å². The second kappa shape index (κ2) is 8.19.